The molecule has 0 spiro atoms. The van der Waals surface area contributed by atoms with Crippen molar-refractivity contribution in [2.24, 2.45) is 5.92 Å². The number of rotatable bonds is 11. The lowest BCUT2D eigenvalue weighted by molar-refractivity contribution is 0.417. The Bertz CT molecular complexity index is 608. The van der Waals surface area contributed by atoms with Gasteiger partial charge in [-0.1, -0.05) is 38.1 Å². The van der Waals surface area contributed by atoms with Gasteiger partial charge in [0.15, 0.2) is 0 Å². The zero-order valence-corrected chi connectivity index (χ0v) is 16.6. The van der Waals surface area contributed by atoms with Crippen molar-refractivity contribution in [2.75, 3.05) is 20.1 Å². The molecule has 1 atom stereocenters. The fourth-order valence-electron chi connectivity index (χ4n) is 3.50. The molecule has 0 saturated heterocycles. The van der Waals surface area contributed by atoms with E-state index in [1.54, 1.807) is 0 Å². The number of nitrogens with one attached hydrogen (secondary N) is 2. The maximum atomic E-state index is 13.3. The first-order chi connectivity index (χ1) is 13.0. The molecule has 0 unspecified atom stereocenters. The van der Waals surface area contributed by atoms with Gasteiger partial charge in [0.1, 0.15) is 11.6 Å². The van der Waals surface area contributed by atoms with Crippen LogP contribution in [0.3, 0.4) is 0 Å². The van der Waals surface area contributed by atoms with Crippen molar-refractivity contribution in [3.8, 4) is 0 Å². The number of benzene rings is 2. The van der Waals surface area contributed by atoms with E-state index in [2.05, 4.69) is 24.5 Å². The molecule has 2 nitrogen and oxygen atoms in total. The van der Waals surface area contributed by atoms with Gasteiger partial charge in [-0.15, -0.1) is 0 Å². The Morgan fingerprint density at radius 2 is 1.37 bits per heavy atom. The van der Waals surface area contributed by atoms with Gasteiger partial charge in [0.05, 0.1) is 0 Å². The zero-order chi connectivity index (χ0) is 19.6. The molecule has 0 bridgehead atoms. The van der Waals surface area contributed by atoms with E-state index in [1.807, 2.05) is 31.3 Å². The molecule has 2 N–H and O–H groups in total. The third-order valence-electron chi connectivity index (χ3n) is 4.95. The highest BCUT2D eigenvalue weighted by molar-refractivity contribution is 5.32. The van der Waals surface area contributed by atoms with Crippen LogP contribution in [0, 0.1) is 17.6 Å². The van der Waals surface area contributed by atoms with E-state index in [0.29, 0.717) is 12.0 Å². The van der Waals surface area contributed by atoms with Crippen LogP contribution < -0.4 is 10.6 Å². The number of halogens is 2. The molecular formula is C23H32F2N2. The second-order valence-electron chi connectivity index (χ2n) is 7.62. The Morgan fingerprint density at radius 1 is 0.852 bits per heavy atom. The summed E-state index contributed by atoms with van der Waals surface area (Å²) in [6.07, 6.45) is 3.08. The predicted octanol–water partition coefficient (Wildman–Crippen LogP) is 5.10. The van der Waals surface area contributed by atoms with Crippen LogP contribution in [0.2, 0.25) is 0 Å². The van der Waals surface area contributed by atoms with Crippen molar-refractivity contribution in [1.82, 2.24) is 10.6 Å². The minimum atomic E-state index is -0.235. The van der Waals surface area contributed by atoms with Crippen LogP contribution in [-0.4, -0.2) is 26.2 Å². The largest absolute Gasteiger partial charge is 0.316 e. The summed E-state index contributed by atoms with van der Waals surface area (Å²) >= 11 is 0. The van der Waals surface area contributed by atoms with E-state index in [9.17, 15) is 8.78 Å². The van der Waals surface area contributed by atoms with Gasteiger partial charge in [0.25, 0.3) is 0 Å². The van der Waals surface area contributed by atoms with Crippen molar-refractivity contribution in [3.05, 3.63) is 71.3 Å². The molecule has 0 aromatic heterocycles. The predicted molar refractivity (Wildman–Crippen MR) is 109 cm³/mol. The Morgan fingerprint density at radius 3 is 1.81 bits per heavy atom. The van der Waals surface area contributed by atoms with E-state index in [-0.39, 0.29) is 17.6 Å². The fourth-order valence-corrected chi connectivity index (χ4v) is 3.50. The molecule has 0 heterocycles. The van der Waals surface area contributed by atoms with Crippen molar-refractivity contribution in [3.63, 3.8) is 0 Å². The van der Waals surface area contributed by atoms with Crippen LogP contribution in [0.25, 0.3) is 0 Å². The molecule has 0 aliphatic carbocycles. The highest BCUT2D eigenvalue weighted by Crippen LogP contribution is 2.29. The van der Waals surface area contributed by atoms with E-state index < -0.39 is 0 Å². The first kappa shape index (κ1) is 21.5. The summed E-state index contributed by atoms with van der Waals surface area (Å²) in [6, 6.07) is 13.8. The number of likely N-dealkylation sites (N-methyl/N-ethyl adjacent to an activating group) is 1. The van der Waals surface area contributed by atoms with Gasteiger partial charge in [-0.3, -0.25) is 0 Å². The van der Waals surface area contributed by atoms with Gasteiger partial charge in [-0.25, -0.2) is 8.78 Å². The smallest absolute Gasteiger partial charge is 0.123 e. The summed E-state index contributed by atoms with van der Waals surface area (Å²) in [6.45, 7) is 6.35. The SMILES string of the molecule is CN[C@@H](CNCCCC(c1ccc(F)cc1)c1ccc(F)cc1)CC(C)C. The Hall–Kier alpha value is -1.78. The summed E-state index contributed by atoms with van der Waals surface area (Å²) in [5.74, 6) is 0.345. The maximum Gasteiger partial charge on any atom is 0.123 e. The first-order valence-corrected chi connectivity index (χ1v) is 9.88. The van der Waals surface area contributed by atoms with E-state index >= 15 is 0 Å². The van der Waals surface area contributed by atoms with Gasteiger partial charge >= 0.3 is 0 Å². The summed E-state index contributed by atoms with van der Waals surface area (Å²) in [5, 5.41) is 6.90. The maximum absolute atomic E-state index is 13.3. The van der Waals surface area contributed by atoms with Gasteiger partial charge in [-0.05, 0) is 74.2 Å². The average Bonchev–Trinajstić information content (AvgIpc) is 2.65. The van der Waals surface area contributed by atoms with Crippen LogP contribution in [0.5, 0.6) is 0 Å². The minimum Gasteiger partial charge on any atom is -0.316 e. The summed E-state index contributed by atoms with van der Waals surface area (Å²) in [7, 11) is 2.01. The van der Waals surface area contributed by atoms with E-state index in [4.69, 9.17) is 0 Å². The molecule has 2 aromatic carbocycles. The highest BCUT2D eigenvalue weighted by atomic mass is 19.1. The highest BCUT2D eigenvalue weighted by Gasteiger charge is 2.15. The first-order valence-electron chi connectivity index (χ1n) is 9.88. The molecule has 0 fully saturated rings. The Balaban J connectivity index is 1.93. The van der Waals surface area contributed by atoms with Crippen molar-refractivity contribution in [2.45, 2.75) is 45.1 Å². The van der Waals surface area contributed by atoms with Gasteiger partial charge in [-0.2, -0.15) is 0 Å². The normalized spacial score (nSPS) is 12.7. The molecule has 148 valence electrons. The second-order valence-corrected chi connectivity index (χ2v) is 7.62. The quantitative estimate of drug-likeness (QED) is 0.535. The molecule has 2 rings (SSSR count). The molecular weight excluding hydrogens is 342 g/mol. The molecule has 2 aromatic rings. The van der Waals surface area contributed by atoms with Gasteiger partial charge in [0, 0.05) is 18.5 Å². The average molecular weight is 375 g/mol. The molecule has 0 aliphatic rings. The molecule has 0 radical (unpaired) electrons. The Labute approximate surface area is 162 Å². The number of hydrogen-bond acceptors (Lipinski definition) is 2. The lowest BCUT2D eigenvalue weighted by atomic mass is 9.87. The standard InChI is InChI=1S/C23H32F2N2/c1-17(2)15-22(26-3)16-27-14-4-5-23(18-6-10-20(24)11-7-18)19-8-12-21(25)13-9-19/h6-13,17,22-23,26-27H,4-5,14-16H2,1-3H3/t22-/m1/s1. The van der Waals surface area contributed by atoms with E-state index in [1.165, 1.54) is 24.3 Å². The Kier molecular flexibility index (Phi) is 8.89. The van der Waals surface area contributed by atoms with E-state index in [0.717, 1.165) is 43.5 Å². The lowest BCUT2D eigenvalue weighted by Gasteiger charge is -2.20. The third kappa shape index (κ3) is 7.39. The van der Waals surface area contributed by atoms with Crippen molar-refractivity contribution in [1.29, 1.82) is 0 Å². The van der Waals surface area contributed by atoms with Crippen LogP contribution in [0.4, 0.5) is 8.78 Å². The molecule has 27 heavy (non-hydrogen) atoms. The summed E-state index contributed by atoms with van der Waals surface area (Å²) in [4.78, 5) is 0. The third-order valence-corrected chi connectivity index (χ3v) is 4.95. The van der Waals surface area contributed by atoms with Crippen molar-refractivity contribution >= 4 is 0 Å². The fraction of sp³-hybridized carbons (Fsp3) is 0.478. The van der Waals surface area contributed by atoms with Crippen LogP contribution in [0.15, 0.2) is 48.5 Å². The second kappa shape index (κ2) is 11.2. The molecule has 0 saturated carbocycles. The molecule has 4 heteroatoms. The monoisotopic (exact) mass is 374 g/mol. The van der Waals surface area contributed by atoms with Gasteiger partial charge < -0.3 is 10.6 Å². The van der Waals surface area contributed by atoms with Crippen LogP contribution >= 0.6 is 0 Å². The summed E-state index contributed by atoms with van der Waals surface area (Å²) in [5.41, 5.74) is 2.13. The molecule has 0 aliphatic heterocycles. The van der Waals surface area contributed by atoms with Gasteiger partial charge in [0.2, 0.25) is 0 Å². The van der Waals surface area contributed by atoms with Crippen LogP contribution in [-0.2, 0) is 0 Å². The van der Waals surface area contributed by atoms with Crippen LogP contribution in [0.1, 0.15) is 50.2 Å². The number of hydrogen-bond donors (Lipinski definition) is 2. The molecule has 0 amide bonds. The lowest BCUT2D eigenvalue weighted by Crippen LogP contribution is -2.37. The zero-order valence-electron chi connectivity index (χ0n) is 16.6. The minimum absolute atomic E-state index is 0.142. The summed E-state index contributed by atoms with van der Waals surface area (Å²) < 4.78 is 26.6. The van der Waals surface area contributed by atoms with Crippen molar-refractivity contribution < 1.29 is 8.78 Å². The topological polar surface area (TPSA) is 24.1 Å².